The average molecular weight is 661 g/mol. The standard InChI is InChI=1S/2C18H18O4S/c2*19-17(21-12-14-7-3-1-4-8-14)11-16(23)18(20)22-13-15-9-5-2-6-10-15/h2*1-10,16,23H,11-13H2. The Labute approximate surface area is 279 Å². The summed E-state index contributed by atoms with van der Waals surface area (Å²) in [5, 5.41) is -1.66. The number of esters is 4. The van der Waals surface area contributed by atoms with Crippen molar-refractivity contribution in [3.05, 3.63) is 144 Å². The van der Waals surface area contributed by atoms with Gasteiger partial charge in [0.25, 0.3) is 0 Å². The molecule has 8 nitrogen and oxygen atoms in total. The Bertz CT molecular complexity index is 1370. The van der Waals surface area contributed by atoms with E-state index in [1.54, 1.807) is 0 Å². The van der Waals surface area contributed by atoms with Crippen molar-refractivity contribution in [3.8, 4) is 0 Å². The summed E-state index contributed by atoms with van der Waals surface area (Å²) < 4.78 is 20.5. The average Bonchev–Trinajstić information content (AvgIpc) is 3.09. The minimum absolute atomic E-state index is 0.121. The molecule has 0 saturated carbocycles. The van der Waals surface area contributed by atoms with Crippen LogP contribution >= 0.6 is 25.3 Å². The highest BCUT2D eigenvalue weighted by Gasteiger charge is 2.21. The normalized spacial score (nSPS) is 11.5. The third-order valence-electron chi connectivity index (χ3n) is 6.20. The third kappa shape index (κ3) is 14.5. The second-order valence-electron chi connectivity index (χ2n) is 9.92. The quantitative estimate of drug-likeness (QED) is 0.0920. The lowest BCUT2D eigenvalue weighted by atomic mass is 10.2. The van der Waals surface area contributed by atoms with Gasteiger partial charge in [-0.2, -0.15) is 25.3 Å². The van der Waals surface area contributed by atoms with E-state index in [-0.39, 0.29) is 39.3 Å². The smallest absolute Gasteiger partial charge is 0.319 e. The highest BCUT2D eigenvalue weighted by atomic mass is 32.1. The number of rotatable bonds is 14. The van der Waals surface area contributed by atoms with E-state index in [4.69, 9.17) is 18.9 Å². The van der Waals surface area contributed by atoms with Gasteiger partial charge in [0, 0.05) is 0 Å². The maximum atomic E-state index is 11.8. The summed E-state index contributed by atoms with van der Waals surface area (Å²) in [7, 11) is 0. The molecule has 46 heavy (non-hydrogen) atoms. The first kappa shape index (κ1) is 35.9. The van der Waals surface area contributed by atoms with Gasteiger partial charge in [0.2, 0.25) is 0 Å². The first-order valence-electron chi connectivity index (χ1n) is 14.5. The van der Waals surface area contributed by atoms with E-state index in [1.807, 2.05) is 121 Å². The van der Waals surface area contributed by atoms with E-state index in [0.717, 1.165) is 22.3 Å². The molecule has 0 N–H and O–H groups in total. The van der Waals surface area contributed by atoms with Gasteiger partial charge in [0.05, 0.1) is 12.8 Å². The molecule has 0 aliphatic carbocycles. The molecular weight excluding hydrogens is 625 g/mol. The van der Waals surface area contributed by atoms with E-state index in [9.17, 15) is 19.2 Å². The van der Waals surface area contributed by atoms with E-state index < -0.39 is 34.4 Å². The molecule has 0 aliphatic heterocycles. The van der Waals surface area contributed by atoms with Gasteiger partial charge in [-0.1, -0.05) is 121 Å². The molecule has 0 radical (unpaired) electrons. The summed E-state index contributed by atoms with van der Waals surface area (Å²) in [5.74, 6) is -2.03. The highest BCUT2D eigenvalue weighted by Crippen LogP contribution is 2.11. The number of carbonyl (C=O) groups is 4. The molecule has 4 aromatic carbocycles. The van der Waals surface area contributed by atoms with Crippen molar-refractivity contribution in [3.63, 3.8) is 0 Å². The van der Waals surface area contributed by atoms with Crippen LogP contribution in [-0.4, -0.2) is 34.4 Å². The number of hydrogen-bond donors (Lipinski definition) is 2. The van der Waals surface area contributed by atoms with Gasteiger partial charge in [-0.3, -0.25) is 19.2 Å². The topological polar surface area (TPSA) is 105 Å². The van der Waals surface area contributed by atoms with Gasteiger partial charge in [0.1, 0.15) is 36.9 Å². The van der Waals surface area contributed by atoms with Crippen LogP contribution < -0.4 is 0 Å². The summed E-state index contributed by atoms with van der Waals surface area (Å²) in [6.45, 7) is 0.685. The lowest BCUT2D eigenvalue weighted by Gasteiger charge is -2.11. The van der Waals surface area contributed by atoms with E-state index in [0.29, 0.717) is 0 Å². The second-order valence-corrected chi connectivity index (χ2v) is 11.2. The Balaban J connectivity index is 0.000000250. The minimum atomic E-state index is -0.831. The molecular formula is C36H36O8S2. The molecule has 2 unspecified atom stereocenters. The van der Waals surface area contributed by atoms with Gasteiger partial charge in [0.15, 0.2) is 0 Å². The van der Waals surface area contributed by atoms with Crippen molar-refractivity contribution < 1.29 is 38.1 Å². The predicted molar refractivity (Wildman–Crippen MR) is 180 cm³/mol. The molecule has 0 fully saturated rings. The molecule has 0 aliphatic rings. The van der Waals surface area contributed by atoms with Crippen LogP contribution in [0, 0.1) is 0 Å². The van der Waals surface area contributed by atoms with Crippen molar-refractivity contribution in [2.45, 2.75) is 49.8 Å². The van der Waals surface area contributed by atoms with Gasteiger partial charge >= 0.3 is 23.9 Å². The zero-order valence-electron chi connectivity index (χ0n) is 25.1. The molecule has 0 saturated heterocycles. The number of benzene rings is 4. The number of hydrogen-bond acceptors (Lipinski definition) is 10. The highest BCUT2D eigenvalue weighted by molar-refractivity contribution is 7.82. The van der Waals surface area contributed by atoms with Crippen molar-refractivity contribution in [1.82, 2.24) is 0 Å². The Kier molecular flexibility index (Phi) is 16.0. The van der Waals surface area contributed by atoms with Crippen molar-refractivity contribution in [1.29, 1.82) is 0 Å². The zero-order valence-corrected chi connectivity index (χ0v) is 26.9. The summed E-state index contributed by atoms with van der Waals surface area (Å²) in [5.41, 5.74) is 3.55. The summed E-state index contributed by atoms with van der Waals surface area (Å²) in [4.78, 5) is 47.1. The van der Waals surface area contributed by atoms with Crippen molar-refractivity contribution in [2.24, 2.45) is 0 Å². The fourth-order valence-corrected chi connectivity index (χ4v) is 4.17. The van der Waals surface area contributed by atoms with Crippen LogP contribution in [0.15, 0.2) is 121 Å². The summed E-state index contributed by atoms with van der Waals surface area (Å²) in [6.07, 6.45) is -0.243. The van der Waals surface area contributed by atoms with Gasteiger partial charge in [-0.15, -0.1) is 0 Å². The predicted octanol–water partition coefficient (Wildman–Crippen LogP) is 6.32. The molecule has 2 atom stereocenters. The van der Waals surface area contributed by atoms with Crippen LogP contribution in [0.2, 0.25) is 0 Å². The van der Waals surface area contributed by atoms with Crippen LogP contribution in [0.25, 0.3) is 0 Å². The fraction of sp³-hybridized carbons (Fsp3) is 0.222. The van der Waals surface area contributed by atoms with Crippen LogP contribution in [0.4, 0.5) is 0 Å². The molecule has 0 heterocycles. The first-order chi connectivity index (χ1) is 22.3. The monoisotopic (exact) mass is 660 g/mol. The van der Waals surface area contributed by atoms with Gasteiger partial charge in [-0.05, 0) is 22.3 Å². The van der Waals surface area contributed by atoms with Gasteiger partial charge < -0.3 is 18.9 Å². The Morgan fingerprint density at radius 1 is 0.413 bits per heavy atom. The van der Waals surface area contributed by atoms with E-state index >= 15 is 0 Å². The molecule has 0 bridgehead atoms. The fourth-order valence-electron chi connectivity index (χ4n) is 3.73. The maximum absolute atomic E-state index is 11.8. The number of carbonyl (C=O) groups excluding carboxylic acids is 4. The second kappa shape index (κ2) is 20.5. The molecule has 4 rings (SSSR count). The summed E-state index contributed by atoms with van der Waals surface area (Å²) in [6, 6.07) is 37.3. The largest absolute Gasteiger partial charge is 0.461 e. The van der Waals surface area contributed by atoms with Crippen LogP contribution in [-0.2, 0) is 64.6 Å². The molecule has 10 heteroatoms. The minimum Gasteiger partial charge on any atom is -0.461 e. The number of ether oxygens (including phenoxy) is 4. The molecule has 4 aromatic rings. The SMILES string of the molecule is O=C(CC(S)C(=O)OCc1ccccc1)OCc1ccccc1.O=C(CC(S)C(=O)OCc1ccccc1)OCc1ccccc1. The van der Waals surface area contributed by atoms with Crippen LogP contribution in [0.1, 0.15) is 35.1 Å². The van der Waals surface area contributed by atoms with Crippen LogP contribution in [0.5, 0.6) is 0 Å². The lowest BCUT2D eigenvalue weighted by molar-refractivity contribution is -0.151. The Hall–Kier alpha value is -4.54. The van der Waals surface area contributed by atoms with Gasteiger partial charge in [-0.25, -0.2) is 0 Å². The maximum Gasteiger partial charge on any atom is 0.319 e. The lowest BCUT2D eigenvalue weighted by Crippen LogP contribution is -2.22. The molecule has 240 valence electrons. The Morgan fingerprint density at radius 2 is 0.652 bits per heavy atom. The number of thiol groups is 2. The Morgan fingerprint density at radius 3 is 0.913 bits per heavy atom. The van der Waals surface area contributed by atoms with Crippen molar-refractivity contribution >= 4 is 49.1 Å². The summed E-state index contributed by atoms with van der Waals surface area (Å²) >= 11 is 8.23. The molecule has 0 spiro atoms. The zero-order chi connectivity index (χ0) is 33.0. The molecule has 0 amide bonds. The van der Waals surface area contributed by atoms with E-state index in [1.165, 1.54) is 0 Å². The van der Waals surface area contributed by atoms with E-state index in [2.05, 4.69) is 25.3 Å². The van der Waals surface area contributed by atoms with Crippen LogP contribution in [0.3, 0.4) is 0 Å². The third-order valence-corrected chi connectivity index (χ3v) is 6.98. The first-order valence-corrected chi connectivity index (χ1v) is 15.5. The molecule has 0 aromatic heterocycles. The van der Waals surface area contributed by atoms with Crippen molar-refractivity contribution in [2.75, 3.05) is 0 Å².